The summed E-state index contributed by atoms with van der Waals surface area (Å²) < 4.78 is 5.73. The van der Waals surface area contributed by atoms with E-state index in [0.717, 1.165) is 12.5 Å². The van der Waals surface area contributed by atoms with Crippen molar-refractivity contribution >= 4 is 0 Å². The highest BCUT2D eigenvalue weighted by Gasteiger charge is 2.34. The molecular weight excluding hydrogens is 126 g/mol. The molecule has 0 spiro atoms. The van der Waals surface area contributed by atoms with E-state index in [-0.39, 0.29) is 0 Å². The first-order valence-electron chi connectivity index (χ1n) is 4.22. The minimum absolute atomic E-state index is 0.509. The van der Waals surface area contributed by atoms with Crippen LogP contribution in [-0.4, -0.2) is 25.3 Å². The van der Waals surface area contributed by atoms with Gasteiger partial charge in [-0.15, -0.1) is 0 Å². The Morgan fingerprint density at radius 2 is 2.40 bits per heavy atom. The maximum atomic E-state index is 5.73. The fourth-order valence-corrected chi connectivity index (χ4v) is 2.09. The Morgan fingerprint density at radius 3 is 3.20 bits per heavy atom. The molecule has 10 heavy (non-hydrogen) atoms. The van der Waals surface area contributed by atoms with Crippen molar-refractivity contribution in [3.05, 3.63) is 0 Å². The van der Waals surface area contributed by atoms with Crippen molar-refractivity contribution in [3.63, 3.8) is 0 Å². The molecule has 2 nitrogen and oxygen atoms in total. The van der Waals surface area contributed by atoms with Gasteiger partial charge in [0.1, 0.15) is 0 Å². The maximum absolute atomic E-state index is 5.73. The van der Waals surface area contributed by atoms with E-state index in [0.29, 0.717) is 12.2 Å². The van der Waals surface area contributed by atoms with Crippen LogP contribution in [0.5, 0.6) is 0 Å². The molecule has 0 aromatic rings. The first kappa shape index (κ1) is 6.62. The molecule has 58 valence electrons. The molecule has 2 aliphatic rings. The van der Waals surface area contributed by atoms with Crippen LogP contribution in [0.3, 0.4) is 0 Å². The Kier molecular flexibility index (Phi) is 1.66. The summed E-state index contributed by atoms with van der Waals surface area (Å²) >= 11 is 0. The lowest BCUT2D eigenvalue weighted by atomic mass is 9.95. The number of piperidine rings is 1. The SMILES string of the molecule is C[C@@H]1C[C@H]2CNCC[C@@H]2O1. The third-order valence-corrected chi connectivity index (χ3v) is 2.58. The number of hydrogen-bond acceptors (Lipinski definition) is 2. The van der Waals surface area contributed by atoms with Gasteiger partial charge in [0.15, 0.2) is 0 Å². The Labute approximate surface area is 61.9 Å². The quantitative estimate of drug-likeness (QED) is 0.538. The number of ether oxygens (including phenoxy) is 1. The first-order valence-corrected chi connectivity index (χ1v) is 4.22. The van der Waals surface area contributed by atoms with Crippen molar-refractivity contribution in [2.45, 2.75) is 32.0 Å². The topological polar surface area (TPSA) is 21.3 Å². The summed E-state index contributed by atoms with van der Waals surface area (Å²) in [5.74, 6) is 0.809. The second-order valence-corrected chi connectivity index (χ2v) is 3.47. The van der Waals surface area contributed by atoms with Crippen molar-refractivity contribution in [1.29, 1.82) is 0 Å². The highest BCUT2D eigenvalue weighted by atomic mass is 16.5. The molecule has 2 saturated heterocycles. The predicted molar refractivity (Wildman–Crippen MR) is 39.9 cm³/mol. The minimum Gasteiger partial charge on any atom is -0.375 e. The zero-order valence-corrected chi connectivity index (χ0v) is 6.47. The van der Waals surface area contributed by atoms with Crippen molar-refractivity contribution in [2.75, 3.05) is 13.1 Å². The molecule has 0 bridgehead atoms. The first-order chi connectivity index (χ1) is 4.86. The van der Waals surface area contributed by atoms with Crippen LogP contribution < -0.4 is 5.32 Å². The van der Waals surface area contributed by atoms with Crippen LogP contribution in [-0.2, 0) is 4.74 Å². The van der Waals surface area contributed by atoms with E-state index in [4.69, 9.17) is 4.74 Å². The molecule has 0 aliphatic carbocycles. The molecule has 0 aromatic carbocycles. The van der Waals surface area contributed by atoms with Crippen LogP contribution in [0.1, 0.15) is 19.8 Å². The van der Waals surface area contributed by atoms with Crippen LogP contribution in [0.2, 0.25) is 0 Å². The van der Waals surface area contributed by atoms with Crippen LogP contribution in [0.25, 0.3) is 0 Å². The van der Waals surface area contributed by atoms with Gasteiger partial charge in [-0.25, -0.2) is 0 Å². The summed E-state index contributed by atoms with van der Waals surface area (Å²) in [6.07, 6.45) is 3.57. The van der Waals surface area contributed by atoms with Gasteiger partial charge < -0.3 is 10.1 Å². The molecule has 0 radical (unpaired) electrons. The molecule has 2 rings (SSSR count). The van der Waals surface area contributed by atoms with E-state index >= 15 is 0 Å². The zero-order valence-electron chi connectivity index (χ0n) is 6.47. The summed E-state index contributed by atoms with van der Waals surface area (Å²) in [5.41, 5.74) is 0. The average Bonchev–Trinajstić information content (AvgIpc) is 2.27. The molecule has 2 fully saturated rings. The molecule has 2 heteroatoms. The van der Waals surface area contributed by atoms with Crippen LogP contribution in [0.15, 0.2) is 0 Å². The Bertz CT molecular complexity index is 112. The van der Waals surface area contributed by atoms with Gasteiger partial charge >= 0.3 is 0 Å². The monoisotopic (exact) mass is 141 g/mol. The van der Waals surface area contributed by atoms with E-state index in [1.54, 1.807) is 0 Å². The normalized spacial score (nSPS) is 47.1. The second-order valence-electron chi connectivity index (χ2n) is 3.47. The molecule has 1 N–H and O–H groups in total. The summed E-state index contributed by atoms with van der Waals surface area (Å²) in [6.45, 7) is 4.50. The zero-order chi connectivity index (χ0) is 6.97. The fourth-order valence-electron chi connectivity index (χ4n) is 2.09. The van der Waals surface area contributed by atoms with Crippen molar-refractivity contribution in [1.82, 2.24) is 5.32 Å². The molecule has 2 heterocycles. The molecule has 0 unspecified atom stereocenters. The minimum atomic E-state index is 0.509. The molecule has 0 amide bonds. The summed E-state index contributed by atoms with van der Waals surface area (Å²) in [6, 6.07) is 0. The van der Waals surface area contributed by atoms with Gasteiger partial charge in [-0.05, 0) is 26.3 Å². The molecule has 3 atom stereocenters. The third kappa shape index (κ3) is 1.06. The van der Waals surface area contributed by atoms with Gasteiger partial charge in [0, 0.05) is 12.5 Å². The number of fused-ring (bicyclic) bond motifs is 1. The maximum Gasteiger partial charge on any atom is 0.0632 e. The number of hydrogen-bond donors (Lipinski definition) is 1. The van der Waals surface area contributed by atoms with Crippen molar-refractivity contribution < 1.29 is 4.74 Å². The van der Waals surface area contributed by atoms with Gasteiger partial charge in [0.05, 0.1) is 12.2 Å². The summed E-state index contributed by atoms with van der Waals surface area (Å²) in [5, 5.41) is 3.40. The van der Waals surface area contributed by atoms with Crippen molar-refractivity contribution in [2.24, 2.45) is 5.92 Å². The van der Waals surface area contributed by atoms with Gasteiger partial charge in [-0.3, -0.25) is 0 Å². The second kappa shape index (κ2) is 2.51. The van der Waals surface area contributed by atoms with Gasteiger partial charge in [-0.1, -0.05) is 0 Å². The lowest BCUT2D eigenvalue weighted by molar-refractivity contribution is 0.0312. The standard InChI is InChI=1S/C8H15NO/c1-6-4-7-5-9-3-2-8(7)10-6/h6-9H,2-5H2,1H3/t6-,7+,8+/m1/s1. The number of rotatable bonds is 0. The Hall–Kier alpha value is -0.0800. The van der Waals surface area contributed by atoms with Gasteiger partial charge in [-0.2, -0.15) is 0 Å². The van der Waals surface area contributed by atoms with Crippen LogP contribution >= 0.6 is 0 Å². The number of nitrogens with one attached hydrogen (secondary N) is 1. The Morgan fingerprint density at radius 1 is 1.50 bits per heavy atom. The fraction of sp³-hybridized carbons (Fsp3) is 1.00. The lowest BCUT2D eigenvalue weighted by Gasteiger charge is -2.24. The van der Waals surface area contributed by atoms with Crippen LogP contribution in [0, 0.1) is 5.92 Å². The summed E-state index contributed by atoms with van der Waals surface area (Å²) in [4.78, 5) is 0. The highest BCUT2D eigenvalue weighted by Crippen LogP contribution is 2.29. The van der Waals surface area contributed by atoms with E-state index in [2.05, 4.69) is 12.2 Å². The Balaban J connectivity index is 1.97. The third-order valence-electron chi connectivity index (χ3n) is 2.58. The molecule has 0 aromatic heterocycles. The van der Waals surface area contributed by atoms with E-state index in [9.17, 15) is 0 Å². The van der Waals surface area contributed by atoms with Gasteiger partial charge in [0.25, 0.3) is 0 Å². The van der Waals surface area contributed by atoms with Crippen LogP contribution in [0.4, 0.5) is 0 Å². The lowest BCUT2D eigenvalue weighted by Crippen LogP contribution is -2.37. The highest BCUT2D eigenvalue weighted by molar-refractivity contribution is 4.85. The van der Waals surface area contributed by atoms with E-state index in [1.807, 2.05) is 0 Å². The smallest absolute Gasteiger partial charge is 0.0632 e. The largest absolute Gasteiger partial charge is 0.375 e. The van der Waals surface area contributed by atoms with Crippen molar-refractivity contribution in [3.8, 4) is 0 Å². The van der Waals surface area contributed by atoms with E-state index < -0.39 is 0 Å². The average molecular weight is 141 g/mol. The van der Waals surface area contributed by atoms with Gasteiger partial charge in [0.2, 0.25) is 0 Å². The summed E-state index contributed by atoms with van der Waals surface area (Å²) in [7, 11) is 0. The molecule has 0 saturated carbocycles. The van der Waals surface area contributed by atoms with E-state index in [1.165, 1.54) is 19.4 Å². The molecule has 2 aliphatic heterocycles. The predicted octanol–water partition coefficient (Wildman–Crippen LogP) is 0.773. The molecular formula is C8H15NO.